The third kappa shape index (κ3) is 8.58. The number of aromatic amines is 2. The molecule has 320 valence electrons. The molecule has 5 N–H and O–H groups in total. The monoisotopic (exact) mass is 844 g/mol. The molecule has 4 heterocycles. The summed E-state index contributed by atoms with van der Waals surface area (Å²) in [6, 6.07) is 25.0. The highest BCUT2D eigenvalue weighted by atomic mass is 19.3. The second kappa shape index (κ2) is 17.1. The summed E-state index contributed by atoms with van der Waals surface area (Å²) in [5.74, 6) is -3.47. The maximum atomic E-state index is 15.0. The molecule has 6 aromatic rings. The summed E-state index contributed by atoms with van der Waals surface area (Å²) >= 11 is 0. The number of amides is 4. The molecule has 4 amide bonds. The Bertz CT molecular complexity index is 2610. The van der Waals surface area contributed by atoms with Gasteiger partial charge in [-0.3, -0.25) is 9.59 Å². The molecule has 4 aromatic carbocycles. The van der Waals surface area contributed by atoms with Crippen molar-refractivity contribution in [1.29, 1.82) is 0 Å². The van der Waals surface area contributed by atoms with E-state index in [1.165, 1.54) is 0 Å². The number of carbonyl (C=O) groups is 4. The number of alkyl carbamates (subject to hydrolysis) is 1. The van der Waals surface area contributed by atoms with E-state index in [0.29, 0.717) is 23.6 Å². The zero-order valence-electron chi connectivity index (χ0n) is 34.3. The number of likely N-dealkylation sites (tertiary alicyclic amines) is 2. The molecule has 0 aliphatic carbocycles. The Kier molecular flexibility index (Phi) is 11.5. The fraction of sp³-hybridized carbons (Fsp3) is 0.304. The molecule has 2 saturated heterocycles. The van der Waals surface area contributed by atoms with Crippen molar-refractivity contribution >= 4 is 34.8 Å². The van der Waals surface area contributed by atoms with Crippen LogP contribution in [0.1, 0.15) is 68.4 Å². The predicted molar refractivity (Wildman–Crippen MR) is 227 cm³/mol. The number of carboxylic acid groups (broad SMARTS) is 1. The number of benzene rings is 4. The number of H-pyrrole nitrogens is 2. The molecular formula is C46H46F2N8O6. The number of hydrogen-bond acceptors (Lipinski definition) is 7. The van der Waals surface area contributed by atoms with Crippen molar-refractivity contribution in [2.75, 3.05) is 20.2 Å². The van der Waals surface area contributed by atoms with Crippen molar-refractivity contribution in [3.63, 3.8) is 0 Å². The highest BCUT2D eigenvalue weighted by molar-refractivity contribution is 5.91. The zero-order valence-corrected chi connectivity index (χ0v) is 34.3. The molecule has 14 nitrogen and oxygen atoms in total. The van der Waals surface area contributed by atoms with Gasteiger partial charge in [0.25, 0.3) is 11.8 Å². The smallest absolute Gasteiger partial charge is 0.407 e. The van der Waals surface area contributed by atoms with E-state index in [2.05, 4.69) is 42.7 Å². The summed E-state index contributed by atoms with van der Waals surface area (Å²) in [4.78, 5) is 69.3. The topological polar surface area (TPSA) is 186 Å². The Morgan fingerprint density at radius 3 is 2.02 bits per heavy atom. The number of carbonyl (C=O) groups excluding carboxylic acids is 3. The minimum absolute atomic E-state index is 0.209. The molecule has 8 rings (SSSR count). The van der Waals surface area contributed by atoms with Gasteiger partial charge < -0.3 is 40.2 Å². The molecule has 4 unspecified atom stereocenters. The van der Waals surface area contributed by atoms with Crippen LogP contribution in [-0.2, 0) is 14.3 Å². The van der Waals surface area contributed by atoms with E-state index in [1.807, 2.05) is 62.4 Å². The molecule has 0 radical (unpaired) electrons. The van der Waals surface area contributed by atoms with Crippen molar-refractivity contribution in [2.45, 2.75) is 63.2 Å². The molecule has 16 heteroatoms. The summed E-state index contributed by atoms with van der Waals surface area (Å²) in [7, 11) is 1.16. The van der Waals surface area contributed by atoms with Crippen LogP contribution in [0.15, 0.2) is 103 Å². The van der Waals surface area contributed by atoms with Crippen LogP contribution in [0.25, 0.3) is 44.4 Å². The molecule has 0 saturated carbocycles. The SMILES string of the molecule is COC(=O)NC(C(=O)N1CC(F)(F)CC1c1ncc(-c2ccc(-c3ccc4cc(-c5cnc(C6CCCN6C(=O)C(NC(=O)O)C(C)C)[nH]5)ccc4c3)cc2)[nH]1)c1ccccc1. The summed E-state index contributed by atoms with van der Waals surface area (Å²) in [6.07, 6.45) is 2.11. The van der Waals surface area contributed by atoms with Crippen molar-refractivity contribution in [1.82, 2.24) is 40.4 Å². The molecular weight excluding hydrogens is 799 g/mol. The second-order valence-corrected chi connectivity index (χ2v) is 16.1. The lowest BCUT2D eigenvalue weighted by atomic mass is 9.98. The largest absolute Gasteiger partial charge is 0.465 e. The van der Waals surface area contributed by atoms with E-state index in [0.717, 1.165) is 63.6 Å². The van der Waals surface area contributed by atoms with Crippen molar-refractivity contribution < 1.29 is 37.8 Å². The Labute approximate surface area is 355 Å². The lowest BCUT2D eigenvalue weighted by molar-refractivity contribution is -0.136. The van der Waals surface area contributed by atoms with Crippen molar-refractivity contribution in [3.05, 3.63) is 121 Å². The molecule has 2 fully saturated rings. The van der Waals surface area contributed by atoms with E-state index in [4.69, 9.17) is 4.74 Å². The Balaban J connectivity index is 0.963. The van der Waals surface area contributed by atoms with Gasteiger partial charge in [0.2, 0.25) is 5.91 Å². The van der Waals surface area contributed by atoms with E-state index < -0.39 is 55.1 Å². The van der Waals surface area contributed by atoms with E-state index >= 15 is 0 Å². The molecule has 4 atom stereocenters. The van der Waals surface area contributed by atoms with Crippen molar-refractivity contribution in [3.8, 4) is 33.6 Å². The Hall–Kier alpha value is -7.10. The molecule has 2 aliphatic heterocycles. The number of methoxy groups -OCH3 is 1. The van der Waals surface area contributed by atoms with Crippen LogP contribution >= 0.6 is 0 Å². The predicted octanol–water partition coefficient (Wildman–Crippen LogP) is 8.25. The van der Waals surface area contributed by atoms with Crippen LogP contribution in [0, 0.1) is 5.92 Å². The number of halogens is 2. The first-order valence-corrected chi connectivity index (χ1v) is 20.4. The van der Waals surface area contributed by atoms with Crippen LogP contribution < -0.4 is 10.6 Å². The zero-order chi connectivity index (χ0) is 43.7. The fourth-order valence-electron chi connectivity index (χ4n) is 8.45. The molecule has 0 spiro atoms. The summed E-state index contributed by atoms with van der Waals surface area (Å²) in [5, 5.41) is 16.2. The van der Waals surface area contributed by atoms with Gasteiger partial charge in [0.15, 0.2) is 0 Å². The first-order valence-electron chi connectivity index (χ1n) is 20.4. The van der Waals surface area contributed by atoms with Gasteiger partial charge in [0, 0.05) is 18.5 Å². The first kappa shape index (κ1) is 41.6. The lowest BCUT2D eigenvalue weighted by Gasteiger charge is -2.29. The molecule has 0 bridgehead atoms. The van der Waals surface area contributed by atoms with Crippen LogP contribution in [0.2, 0.25) is 0 Å². The normalized spacial score (nSPS) is 18.2. The van der Waals surface area contributed by atoms with Gasteiger partial charge in [0.05, 0.1) is 49.5 Å². The Morgan fingerprint density at radius 1 is 0.774 bits per heavy atom. The highest BCUT2D eigenvalue weighted by Gasteiger charge is 2.50. The van der Waals surface area contributed by atoms with Crippen LogP contribution in [-0.4, -0.2) is 91.0 Å². The number of rotatable bonds is 11. The van der Waals surface area contributed by atoms with Gasteiger partial charge in [-0.2, -0.15) is 0 Å². The highest BCUT2D eigenvalue weighted by Crippen LogP contribution is 2.42. The second-order valence-electron chi connectivity index (χ2n) is 16.1. The van der Waals surface area contributed by atoms with Crippen molar-refractivity contribution in [2.24, 2.45) is 5.92 Å². The fourth-order valence-corrected chi connectivity index (χ4v) is 8.45. The van der Waals surface area contributed by atoms with Gasteiger partial charge >= 0.3 is 12.2 Å². The molecule has 2 aliphatic rings. The van der Waals surface area contributed by atoms with Gasteiger partial charge in [-0.25, -0.2) is 28.3 Å². The number of nitrogens with one attached hydrogen (secondary N) is 4. The number of hydrogen-bond donors (Lipinski definition) is 5. The average Bonchev–Trinajstić information content (AvgIpc) is 4.11. The summed E-state index contributed by atoms with van der Waals surface area (Å²) in [6.45, 7) is 3.33. The van der Waals surface area contributed by atoms with E-state index in [9.17, 15) is 33.1 Å². The van der Waals surface area contributed by atoms with E-state index in [-0.39, 0.29) is 23.7 Å². The number of nitrogens with zero attached hydrogens (tertiary/aromatic N) is 4. The maximum Gasteiger partial charge on any atom is 0.407 e. The number of imidazole rings is 2. The summed E-state index contributed by atoms with van der Waals surface area (Å²) in [5.41, 5.74) is 5.48. The number of aromatic nitrogens is 4. The maximum absolute atomic E-state index is 15.0. The first-order chi connectivity index (χ1) is 29.8. The van der Waals surface area contributed by atoms with Gasteiger partial charge in [0.1, 0.15) is 23.7 Å². The van der Waals surface area contributed by atoms with Gasteiger partial charge in [-0.1, -0.05) is 92.7 Å². The van der Waals surface area contributed by atoms with E-state index in [1.54, 1.807) is 47.6 Å². The standard InChI is InChI=1S/C46H46F2N8O6/c1-26(2)38(53-44(59)60)42(57)55-19-7-10-36(55)40-49-24-35(52-40)33-18-17-31-20-30(15-16-32(31)21-33)27-11-13-28(14-12-27)34-23-50-41(51-34)37-22-46(47,48)25-56(37)43(58)39(54-45(61)62-3)29-8-5-4-6-9-29/h4-6,8-9,11-18,20-21,23-24,26,36-39,53H,7,10,19,22,25H2,1-3H3,(H,49,52)(H,50,51)(H,54,61)(H,59,60). The molecule has 2 aromatic heterocycles. The number of alkyl halides is 2. The van der Waals surface area contributed by atoms with Gasteiger partial charge in [-0.15, -0.1) is 0 Å². The van der Waals surface area contributed by atoms with Crippen LogP contribution in [0.5, 0.6) is 0 Å². The number of ether oxygens (including phenoxy) is 1. The quantitative estimate of drug-likeness (QED) is 0.0863. The molecule has 62 heavy (non-hydrogen) atoms. The lowest BCUT2D eigenvalue weighted by Crippen LogP contribution is -2.50. The minimum Gasteiger partial charge on any atom is -0.465 e. The van der Waals surface area contributed by atoms with Gasteiger partial charge in [-0.05, 0) is 63.9 Å². The minimum atomic E-state index is -3.17. The van der Waals surface area contributed by atoms with Crippen LogP contribution in [0.3, 0.4) is 0 Å². The average molecular weight is 845 g/mol. The Morgan fingerprint density at radius 2 is 1.37 bits per heavy atom. The third-order valence-electron chi connectivity index (χ3n) is 11.6. The van der Waals surface area contributed by atoms with Crippen LogP contribution in [0.4, 0.5) is 18.4 Å². The number of fused-ring (bicyclic) bond motifs is 1. The summed E-state index contributed by atoms with van der Waals surface area (Å²) < 4.78 is 34.7. The third-order valence-corrected chi connectivity index (χ3v) is 11.6.